The maximum atomic E-state index is 13.3. The molecule has 3 rings (SSSR count). The van der Waals surface area contributed by atoms with Crippen LogP contribution >= 0.6 is 0 Å². The Bertz CT molecular complexity index is 1020. The van der Waals surface area contributed by atoms with Crippen molar-refractivity contribution in [2.45, 2.75) is 58.0 Å². The average Bonchev–Trinajstić information content (AvgIpc) is 2.85. The van der Waals surface area contributed by atoms with E-state index in [-0.39, 0.29) is 18.4 Å². The molecule has 0 saturated carbocycles. The van der Waals surface area contributed by atoms with Crippen LogP contribution in [0.3, 0.4) is 0 Å². The Morgan fingerprint density at radius 1 is 1.23 bits per heavy atom. The molecule has 1 aliphatic heterocycles. The van der Waals surface area contributed by atoms with Crippen LogP contribution in [0.5, 0.6) is 11.5 Å². The number of methoxy groups -OCH3 is 1. The fourth-order valence-corrected chi connectivity index (χ4v) is 3.89. The van der Waals surface area contributed by atoms with Crippen LogP contribution in [0.1, 0.15) is 56.3 Å². The van der Waals surface area contributed by atoms with Gasteiger partial charge in [-0.1, -0.05) is 13.8 Å². The van der Waals surface area contributed by atoms with Gasteiger partial charge in [-0.3, -0.25) is 9.59 Å². The summed E-state index contributed by atoms with van der Waals surface area (Å²) in [5.74, 6) is -0.789. The van der Waals surface area contributed by atoms with E-state index in [0.717, 1.165) is 19.3 Å². The van der Waals surface area contributed by atoms with Gasteiger partial charge >= 0.3 is 5.97 Å². The number of aliphatic carboxylic acids is 1. The van der Waals surface area contributed by atoms with Crippen molar-refractivity contribution < 1.29 is 24.2 Å². The normalized spacial score (nSPS) is 14.2. The van der Waals surface area contributed by atoms with Crippen molar-refractivity contribution in [3.63, 3.8) is 0 Å². The standard InChI is InChI=1S/C22H28N2O6/c1-4-22(5-2,21(27)28)23-19(25)15-13-14-9-10-16(29-3)18-17(14)24(20(15)26)11-7-6-8-12-30-18/h9-10,13H,4-8,11-12H2,1-3H3,(H,23,25)(H,27,28). The summed E-state index contributed by atoms with van der Waals surface area (Å²) in [5, 5.41) is 12.9. The highest BCUT2D eigenvalue weighted by atomic mass is 16.5. The third-order valence-corrected chi connectivity index (χ3v) is 5.88. The van der Waals surface area contributed by atoms with Crippen molar-refractivity contribution in [3.05, 3.63) is 34.1 Å². The minimum Gasteiger partial charge on any atom is -0.493 e. The number of amides is 1. The van der Waals surface area contributed by atoms with Crippen LogP contribution in [-0.2, 0) is 11.3 Å². The van der Waals surface area contributed by atoms with Gasteiger partial charge in [0.2, 0.25) is 0 Å². The lowest BCUT2D eigenvalue weighted by Crippen LogP contribution is -2.54. The number of nitrogens with zero attached hydrogens (tertiary/aromatic N) is 1. The van der Waals surface area contributed by atoms with E-state index in [9.17, 15) is 19.5 Å². The van der Waals surface area contributed by atoms with Gasteiger partial charge in [0, 0.05) is 11.9 Å². The van der Waals surface area contributed by atoms with Crippen LogP contribution in [0.15, 0.2) is 23.0 Å². The molecule has 1 aromatic heterocycles. The van der Waals surface area contributed by atoms with Crippen molar-refractivity contribution >= 4 is 22.8 Å². The molecule has 1 aromatic carbocycles. The molecule has 30 heavy (non-hydrogen) atoms. The first-order valence-electron chi connectivity index (χ1n) is 10.3. The summed E-state index contributed by atoms with van der Waals surface area (Å²) in [6.07, 6.45) is 2.92. The van der Waals surface area contributed by atoms with E-state index >= 15 is 0 Å². The van der Waals surface area contributed by atoms with Gasteiger partial charge in [-0.15, -0.1) is 0 Å². The quantitative estimate of drug-likeness (QED) is 0.750. The predicted octanol–water partition coefficient (Wildman–Crippen LogP) is 2.95. The summed E-state index contributed by atoms with van der Waals surface area (Å²) >= 11 is 0. The molecule has 8 nitrogen and oxygen atoms in total. The number of hydrogen-bond acceptors (Lipinski definition) is 5. The molecule has 2 N–H and O–H groups in total. The second-order valence-electron chi connectivity index (χ2n) is 7.51. The van der Waals surface area contributed by atoms with E-state index in [4.69, 9.17) is 9.47 Å². The molecule has 2 aromatic rings. The number of rotatable bonds is 6. The number of carboxylic acids is 1. The highest BCUT2D eigenvalue weighted by molar-refractivity contribution is 6.01. The van der Waals surface area contributed by atoms with E-state index < -0.39 is 23.0 Å². The lowest BCUT2D eigenvalue weighted by Gasteiger charge is -2.28. The van der Waals surface area contributed by atoms with Crippen molar-refractivity contribution in [2.75, 3.05) is 13.7 Å². The largest absolute Gasteiger partial charge is 0.493 e. The van der Waals surface area contributed by atoms with Gasteiger partial charge in [-0.05, 0) is 50.3 Å². The molecular formula is C22H28N2O6. The Morgan fingerprint density at radius 3 is 2.60 bits per heavy atom. The zero-order valence-corrected chi connectivity index (χ0v) is 17.6. The van der Waals surface area contributed by atoms with Crippen LogP contribution in [0, 0.1) is 0 Å². The predicted molar refractivity (Wildman–Crippen MR) is 113 cm³/mol. The molecule has 2 heterocycles. The maximum absolute atomic E-state index is 13.3. The number of nitrogens with one attached hydrogen (secondary N) is 1. The molecule has 0 atom stereocenters. The van der Waals surface area contributed by atoms with Crippen LogP contribution in [-0.4, -0.2) is 40.8 Å². The van der Waals surface area contributed by atoms with E-state index in [1.807, 2.05) is 0 Å². The van der Waals surface area contributed by atoms with Gasteiger partial charge in [-0.25, -0.2) is 4.79 Å². The highest BCUT2D eigenvalue weighted by Gasteiger charge is 2.37. The monoisotopic (exact) mass is 416 g/mol. The topological polar surface area (TPSA) is 107 Å². The fraction of sp³-hybridized carbons (Fsp3) is 0.500. The number of carbonyl (C=O) groups excluding carboxylic acids is 1. The number of aryl methyl sites for hydroxylation is 1. The minimum absolute atomic E-state index is 0.0783. The van der Waals surface area contributed by atoms with Crippen LogP contribution in [0.4, 0.5) is 0 Å². The van der Waals surface area contributed by atoms with Crippen LogP contribution < -0.4 is 20.3 Å². The second kappa shape index (κ2) is 8.77. The third kappa shape index (κ3) is 3.74. The molecule has 0 aliphatic carbocycles. The van der Waals surface area contributed by atoms with Crippen molar-refractivity contribution in [1.29, 1.82) is 0 Å². The van der Waals surface area contributed by atoms with Crippen molar-refractivity contribution in [2.24, 2.45) is 0 Å². The first-order valence-corrected chi connectivity index (χ1v) is 10.3. The van der Waals surface area contributed by atoms with E-state index in [2.05, 4.69) is 5.32 Å². The van der Waals surface area contributed by atoms with Gasteiger partial charge < -0.3 is 24.5 Å². The summed E-state index contributed by atoms with van der Waals surface area (Å²) in [6, 6.07) is 5.02. The molecule has 0 saturated heterocycles. The van der Waals surface area contributed by atoms with E-state index in [1.54, 1.807) is 37.7 Å². The number of aromatic nitrogens is 1. The van der Waals surface area contributed by atoms with Gasteiger partial charge in [0.1, 0.15) is 11.1 Å². The molecule has 0 fully saturated rings. The number of pyridine rings is 1. The minimum atomic E-state index is -1.42. The number of hydrogen-bond donors (Lipinski definition) is 2. The third-order valence-electron chi connectivity index (χ3n) is 5.88. The summed E-state index contributed by atoms with van der Waals surface area (Å²) in [7, 11) is 1.54. The number of carboxylic acid groups (broad SMARTS) is 1. The summed E-state index contributed by atoms with van der Waals surface area (Å²) in [4.78, 5) is 38.1. The first kappa shape index (κ1) is 21.7. The zero-order chi connectivity index (χ0) is 21.9. The van der Waals surface area contributed by atoms with Gasteiger partial charge in [-0.2, -0.15) is 0 Å². The smallest absolute Gasteiger partial charge is 0.329 e. The fourth-order valence-electron chi connectivity index (χ4n) is 3.89. The van der Waals surface area contributed by atoms with Crippen LogP contribution in [0.2, 0.25) is 0 Å². The number of carbonyl (C=O) groups is 2. The van der Waals surface area contributed by atoms with Crippen molar-refractivity contribution in [1.82, 2.24) is 9.88 Å². The summed E-state index contributed by atoms with van der Waals surface area (Å²) in [5.41, 5.74) is -1.37. The lowest BCUT2D eigenvalue weighted by atomic mass is 9.92. The van der Waals surface area contributed by atoms with Gasteiger partial charge in [0.05, 0.1) is 19.2 Å². The molecular weight excluding hydrogens is 388 g/mol. The molecule has 0 unspecified atom stereocenters. The Balaban J connectivity index is 2.19. The highest BCUT2D eigenvalue weighted by Crippen LogP contribution is 2.36. The Morgan fingerprint density at radius 2 is 1.97 bits per heavy atom. The molecule has 0 radical (unpaired) electrons. The number of ether oxygens (including phenoxy) is 2. The summed E-state index contributed by atoms with van der Waals surface area (Å²) in [6.45, 7) is 4.34. The van der Waals surface area contributed by atoms with Gasteiger partial charge in [0.25, 0.3) is 11.5 Å². The Hall–Kier alpha value is -3.03. The maximum Gasteiger partial charge on any atom is 0.329 e. The van der Waals surface area contributed by atoms with E-state index in [0.29, 0.717) is 35.6 Å². The Labute approximate surface area is 174 Å². The lowest BCUT2D eigenvalue weighted by molar-refractivity contribution is -0.144. The molecule has 1 amide bonds. The van der Waals surface area contributed by atoms with Crippen molar-refractivity contribution in [3.8, 4) is 11.5 Å². The summed E-state index contributed by atoms with van der Waals surface area (Å²) < 4.78 is 12.9. The molecule has 162 valence electrons. The average molecular weight is 416 g/mol. The Kier molecular flexibility index (Phi) is 6.34. The molecule has 0 bridgehead atoms. The van der Waals surface area contributed by atoms with Crippen LogP contribution in [0.25, 0.3) is 10.9 Å². The van der Waals surface area contributed by atoms with E-state index in [1.165, 1.54) is 6.07 Å². The molecule has 0 spiro atoms. The first-order chi connectivity index (χ1) is 14.4. The molecule has 1 aliphatic rings. The van der Waals surface area contributed by atoms with Gasteiger partial charge in [0.15, 0.2) is 11.5 Å². The SMILES string of the molecule is CCC(CC)(NC(=O)c1cc2ccc(OC)c3c2n(c1=O)CCCCCO3)C(=O)O. The number of benzene rings is 1. The molecule has 8 heteroatoms. The second-order valence-corrected chi connectivity index (χ2v) is 7.51. The zero-order valence-electron chi connectivity index (χ0n) is 17.6.